The van der Waals surface area contributed by atoms with Crippen molar-refractivity contribution in [1.82, 2.24) is 5.32 Å². The Morgan fingerprint density at radius 3 is 2.60 bits per heavy atom. The molecule has 0 aliphatic carbocycles. The van der Waals surface area contributed by atoms with Crippen LogP contribution in [0.2, 0.25) is 0 Å². The number of rotatable bonds is 4. The molecule has 1 aliphatic rings. The monoisotopic (exact) mass is 277 g/mol. The lowest BCUT2D eigenvalue weighted by Crippen LogP contribution is -2.56. The Labute approximate surface area is 120 Å². The quantitative estimate of drug-likeness (QED) is 0.679. The summed E-state index contributed by atoms with van der Waals surface area (Å²) in [5.41, 5.74) is 1.46. The molecule has 0 bridgehead atoms. The fourth-order valence-electron chi connectivity index (χ4n) is 2.54. The number of nitrogens with one attached hydrogen (secondary N) is 1. The highest BCUT2D eigenvalue weighted by molar-refractivity contribution is 5.51. The van der Waals surface area contributed by atoms with E-state index >= 15 is 0 Å². The molecule has 1 aromatic carbocycles. The van der Waals surface area contributed by atoms with Crippen molar-refractivity contribution in [3.8, 4) is 0 Å². The van der Waals surface area contributed by atoms with Gasteiger partial charge in [-0.1, -0.05) is 20.8 Å². The van der Waals surface area contributed by atoms with Crippen molar-refractivity contribution in [3.05, 3.63) is 34.4 Å². The largest absolute Gasteiger partial charge is 0.369 e. The van der Waals surface area contributed by atoms with Crippen LogP contribution in [0, 0.1) is 15.5 Å². The van der Waals surface area contributed by atoms with Crippen LogP contribution in [0.4, 0.5) is 11.4 Å². The first-order chi connectivity index (χ1) is 9.44. The van der Waals surface area contributed by atoms with Gasteiger partial charge in [0, 0.05) is 43.5 Å². The highest BCUT2D eigenvalue weighted by Gasteiger charge is 2.31. The zero-order valence-corrected chi connectivity index (χ0v) is 12.4. The van der Waals surface area contributed by atoms with E-state index in [0.29, 0.717) is 6.04 Å². The Balaban J connectivity index is 2.11. The fraction of sp³-hybridized carbons (Fsp3) is 0.600. The third kappa shape index (κ3) is 3.10. The van der Waals surface area contributed by atoms with E-state index in [1.807, 2.05) is 12.1 Å². The Morgan fingerprint density at radius 1 is 1.40 bits per heavy atom. The third-order valence-corrected chi connectivity index (χ3v) is 4.46. The van der Waals surface area contributed by atoms with Crippen LogP contribution in [-0.2, 0) is 0 Å². The maximum absolute atomic E-state index is 10.7. The van der Waals surface area contributed by atoms with Gasteiger partial charge in [0.05, 0.1) is 4.92 Å². The third-order valence-electron chi connectivity index (χ3n) is 4.46. The Bertz CT molecular complexity index is 471. The molecule has 1 fully saturated rings. The van der Waals surface area contributed by atoms with Crippen molar-refractivity contribution >= 4 is 11.4 Å². The molecule has 1 aromatic rings. The van der Waals surface area contributed by atoms with Crippen molar-refractivity contribution < 1.29 is 4.92 Å². The number of benzene rings is 1. The zero-order valence-electron chi connectivity index (χ0n) is 12.4. The average molecular weight is 277 g/mol. The predicted molar refractivity (Wildman–Crippen MR) is 81.2 cm³/mol. The molecule has 2 rings (SSSR count). The second-order valence-corrected chi connectivity index (χ2v) is 6.07. The van der Waals surface area contributed by atoms with Gasteiger partial charge in [0.15, 0.2) is 0 Å². The molecule has 110 valence electrons. The van der Waals surface area contributed by atoms with Gasteiger partial charge in [-0.3, -0.25) is 10.1 Å². The molecule has 0 amide bonds. The fourth-order valence-corrected chi connectivity index (χ4v) is 2.54. The number of piperazine rings is 1. The lowest BCUT2D eigenvalue weighted by atomic mass is 9.81. The summed E-state index contributed by atoms with van der Waals surface area (Å²) in [4.78, 5) is 12.6. The second kappa shape index (κ2) is 5.79. The van der Waals surface area contributed by atoms with Gasteiger partial charge in [0.1, 0.15) is 0 Å². The highest BCUT2D eigenvalue weighted by atomic mass is 16.6. The normalized spacial score (nSPS) is 19.9. The molecule has 1 unspecified atom stereocenters. The van der Waals surface area contributed by atoms with E-state index in [0.717, 1.165) is 31.7 Å². The Morgan fingerprint density at radius 2 is 2.05 bits per heavy atom. The van der Waals surface area contributed by atoms with Crippen molar-refractivity contribution in [2.75, 3.05) is 24.5 Å². The van der Waals surface area contributed by atoms with Crippen LogP contribution in [0.3, 0.4) is 0 Å². The van der Waals surface area contributed by atoms with Crippen LogP contribution < -0.4 is 10.2 Å². The molecular formula is C15H23N3O2. The molecule has 0 spiro atoms. The van der Waals surface area contributed by atoms with Crippen molar-refractivity contribution in [1.29, 1.82) is 0 Å². The van der Waals surface area contributed by atoms with E-state index in [-0.39, 0.29) is 16.0 Å². The number of hydrogen-bond acceptors (Lipinski definition) is 4. The molecule has 0 aromatic heterocycles. The summed E-state index contributed by atoms with van der Waals surface area (Å²) in [7, 11) is 0. The SMILES string of the molecule is CCC(C)(C)C1CN(c2ccc([N+](=O)[O-])cc2)CCN1. The first-order valence-corrected chi connectivity index (χ1v) is 7.17. The van der Waals surface area contributed by atoms with Gasteiger partial charge in [-0.05, 0) is 24.0 Å². The summed E-state index contributed by atoms with van der Waals surface area (Å²) in [5.74, 6) is 0. The maximum Gasteiger partial charge on any atom is 0.269 e. The first-order valence-electron chi connectivity index (χ1n) is 7.17. The summed E-state index contributed by atoms with van der Waals surface area (Å²) in [5, 5.41) is 14.3. The van der Waals surface area contributed by atoms with Crippen LogP contribution in [0.1, 0.15) is 27.2 Å². The van der Waals surface area contributed by atoms with Crippen LogP contribution >= 0.6 is 0 Å². The van der Waals surface area contributed by atoms with Gasteiger partial charge >= 0.3 is 0 Å². The lowest BCUT2D eigenvalue weighted by molar-refractivity contribution is -0.384. The molecule has 1 N–H and O–H groups in total. The van der Waals surface area contributed by atoms with Gasteiger partial charge in [0.25, 0.3) is 5.69 Å². The first kappa shape index (κ1) is 14.8. The molecule has 0 saturated carbocycles. The Hall–Kier alpha value is -1.62. The van der Waals surface area contributed by atoms with Crippen molar-refractivity contribution in [3.63, 3.8) is 0 Å². The molecule has 5 nitrogen and oxygen atoms in total. The number of nitrogens with zero attached hydrogens (tertiary/aromatic N) is 2. The molecule has 20 heavy (non-hydrogen) atoms. The van der Waals surface area contributed by atoms with E-state index in [2.05, 4.69) is 31.0 Å². The van der Waals surface area contributed by atoms with Gasteiger partial charge in [0.2, 0.25) is 0 Å². The van der Waals surface area contributed by atoms with E-state index < -0.39 is 0 Å². The van der Waals surface area contributed by atoms with Crippen molar-refractivity contribution in [2.24, 2.45) is 5.41 Å². The summed E-state index contributed by atoms with van der Waals surface area (Å²) in [6.45, 7) is 9.61. The number of non-ortho nitro benzene ring substituents is 1. The summed E-state index contributed by atoms with van der Waals surface area (Å²) in [6, 6.07) is 7.30. The molecule has 5 heteroatoms. The van der Waals surface area contributed by atoms with Gasteiger partial charge in [-0.25, -0.2) is 0 Å². The van der Waals surface area contributed by atoms with Crippen LogP contribution in [0.25, 0.3) is 0 Å². The number of nitro benzene ring substituents is 1. The lowest BCUT2D eigenvalue weighted by Gasteiger charge is -2.42. The molecule has 1 atom stereocenters. The number of anilines is 1. The molecular weight excluding hydrogens is 254 g/mol. The average Bonchev–Trinajstić information content (AvgIpc) is 2.47. The minimum Gasteiger partial charge on any atom is -0.369 e. The summed E-state index contributed by atoms with van der Waals surface area (Å²) in [6.07, 6.45) is 1.12. The van der Waals surface area contributed by atoms with Crippen LogP contribution in [0.5, 0.6) is 0 Å². The van der Waals surface area contributed by atoms with E-state index in [4.69, 9.17) is 0 Å². The molecule has 0 radical (unpaired) electrons. The Kier molecular flexibility index (Phi) is 4.28. The highest BCUT2D eigenvalue weighted by Crippen LogP contribution is 2.29. The predicted octanol–water partition coefficient (Wildman–Crippen LogP) is 2.81. The minimum atomic E-state index is -0.357. The second-order valence-electron chi connectivity index (χ2n) is 6.07. The maximum atomic E-state index is 10.7. The smallest absolute Gasteiger partial charge is 0.269 e. The number of nitro groups is 1. The van der Waals surface area contributed by atoms with Gasteiger partial charge in [-0.15, -0.1) is 0 Å². The zero-order chi connectivity index (χ0) is 14.8. The topological polar surface area (TPSA) is 58.4 Å². The van der Waals surface area contributed by atoms with E-state index in [1.54, 1.807) is 12.1 Å². The molecule has 1 heterocycles. The van der Waals surface area contributed by atoms with E-state index in [9.17, 15) is 10.1 Å². The minimum absolute atomic E-state index is 0.148. The van der Waals surface area contributed by atoms with Crippen molar-refractivity contribution in [2.45, 2.75) is 33.2 Å². The van der Waals surface area contributed by atoms with Crippen LogP contribution in [-0.4, -0.2) is 30.6 Å². The summed E-state index contributed by atoms with van der Waals surface area (Å²) < 4.78 is 0. The van der Waals surface area contributed by atoms with Gasteiger partial charge < -0.3 is 10.2 Å². The van der Waals surface area contributed by atoms with Crippen LogP contribution in [0.15, 0.2) is 24.3 Å². The molecule has 1 saturated heterocycles. The van der Waals surface area contributed by atoms with E-state index in [1.165, 1.54) is 0 Å². The molecule has 1 aliphatic heterocycles. The summed E-state index contributed by atoms with van der Waals surface area (Å²) >= 11 is 0. The van der Waals surface area contributed by atoms with Gasteiger partial charge in [-0.2, -0.15) is 0 Å². The standard InChI is InChI=1S/C15H23N3O2/c1-4-15(2,3)14-11-17(10-9-16-14)12-5-7-13(8-6-12)18(19)20/h5-8,14,16H,4,9-11H2,1-3H3. The number of hydrogen-bond donors (Lipinski definition) is 1.